The van der Waals surface area contributed by atoms with E-state index < -0.39 is 0 Å². The molecule has 0 fully saturated rings. The number of hydrogen-bond donors (Lipinski definition) is 1. The molecule has 0 radical (unpaired) electrons. The van der Waals surface area contributed by atoms with Crippen molar-refractivity contribution < 1.29 is 4.74 Å². The van der Waals surface area contributed by atoms with Crippen LogP contribution in [0.15, 0.2) is 22.7 Å². The van der Waals surface area contributed by atoms with Crippen LogP contribution >= 0.6 is 15.9 Å². The lowest BCUT2D eigenvalue weighted by Crippen LogP contribution is -2.29. The number of methoxy groups -OCH3 is 1. The molecular formula is C12H19BrN2O. The highest BCUT2D eigenvalue weighted by Crippen LogP contribution is 2.30. The number of nitrogens with zero attached hydrogens (tertiary/aromatic N) is 1. The Labute approximate surface area is 106 Å². The zero-order valence-electron chi connectivity index (χ0n) is 10.1. The molecule has 90 valence electrons. The average Bonchev–Trinajstić information content (AvgIpc) is 2.29. The molecule has 0 heterocycles. The molecule has 1 rings (SSSR count). The Kier molecular flexibility index (Phi) is 5.63. The molecule has 1 aromatic rings. The van der Waals surface area contributed by atoms with Crippen LogP contribution in [0, 0.1) is 0 Å². The quantitative estimate of drug-likeness (QED) is 0.814. The van der Waals surface area contributed by atoms with Crippen molar-refractivity contribution in [1.82, 2.24) is 5.32 Å². The van der Waals surface area contributed by atoms with Gasteiger partial charge >= 0.3 is 0 Å². The first-order valence-corrected chi connectivity index (χ1v) is 6.23. The Morgan fingerprint density at radius 2 is 2.19 bits per heavy atom. The van der Waals surface area contributed by atoms with Gasteiger partial charge in [0.15, 0.2) is 0 Å². The summed E-state index contributed by atoms with van der Waals surface area (Å²) < 4.78 is 6.41. The summed E-state index contributed by atoms with van der Waals surface area (Å²) in [4.78, 5) is 2.19. The number of rotatable bonds is 6. The standard InChI is InChI=1S/C12H19BrN2O/c1-4-14-7-8-15(2)11-9-10(13)5-6-12(11)16-3/h5-6,9,14H,4,7-8H2,1-3H3. The Hall–Kier alpha value is -0.740. The molecule has 4 heteroatoms. The summed E-state index contributed by atoms with van der Waals surface area (Å²) in [6.45, 7) is 5.05. The summed E-state index contributed by atoms with van der Waals surface area (Å²) in [6, 6.07) is 6.04. The first kappa shape index (κ1) is 13.3. The summed E-state index contributed by atoms with van der Waals surface area (Å²) >= 11 is 3.48. The summed E-state index contributed by atoms with van der Waals surface area (Å²) in [6.07, 6.45) is 0. The molecule has 0 aliphatic carbocycles. The molecule has 0 bridgehead atoms. The van der Waals surface area contributed by atoms with E-state index in [0.29, 0.717) is 0 Å². The van der Waals surface area contributed by atoms with Crippen molar-refractivity contribution in [3.63, 3.8) is 0 Å². The van der Waals surface area contributed by atoms with Gasteiger partial charge in [-0.05, 0) is 24.7 Å². The number of anilines is 1. The number of nitrogens with one attached hydrogen (secondary N) is 1. The second-order valence-electron chi connectivity index (χ2n) is 3.59. The Balaban J connectivity index is 2.72. The van der Waals surface area contributed by atoms with Crippen molar-refractivity contribution in [2.75, 3.05) is 38.7 Å². The summed E-state index contributed by atoms with van der Waals surface area (Å²) in [5, 5.41) is 3.31. The van der Waals surface area contributed by atoms with Crippen LogP contribution in [-0.4, -0.2) is 33.8 Å². The number of ether oxygens (including phenoxy) is 1. The second kappa shape index (κ2) is 6.76. The lowest BCUT2D eigenvalue weighted by molar-refractivity contribution is 0.414. The van der Waals surface area contributed by atoms with Crippen molar-refractivity contribution in [3.05, 3.63) is 22.7 Å². The molecule has 16 heavy (non-hydrogen) atoms. The zero-order chi connectivity index (χ0) is 12.0. The fourth-order valence-corrected chi connectivity index (χ4v) is 1.85. The van der Waals surface area contributed by atoms with Crippen LogP contribution in [0.4, 0.5) is 5.69 Å². The minimum atomic E-state index is 0.905. The van der Waals surface area contributed by atoms with Gasteiger partial charge in [-0.1, -0.05) is 22.9 Å². The lowest BCUT2D eigenvalue weighted by Gasteiger charge is -2.22. The largest absolute Gasteiger partial charge is 0.495 e. The molecule has 0 unspecified atom stereocenters. The molecule has 0 saturated carbocycles. The highest BCUT2D eigenvalue weighted by atomic mass is 79.9. The number of halogens is 1. The maximum absolute atomic E-state index is 5.34. The zero-order valence-corrected chi connectivity index (χ0v) is 11.7. The van der Waals surface area contributed by atoms with Crippen molar-refractivity contribution >= 4 is 21.6 Å². The second-order valence-corrected chi connectivity index (χ2v) is 4.51. The molecule has 1 aromatic carbocycles. The van der Waals surface area contributed by atoms with E-state index in [9.17, 15) is 0 Å². The van der Waals surface area contributed by atoms with Crippen molar-refractivity contribution in [1.29, 1.82) is 0 Å². The van der Waals surface area contributed by atoms with E-state index in [4.69, 9.17) is 4.74 Å². The third-order valence-electron chi connectivity index (χ3n) is 2.43. The van der Waals surface area contributed by atoms with E-state index >= 15 is 0 Å². The minimum absolute atomic E-state index is 0.905. The van der Waals surface area contributed by atoms with Crippen LogP contribution in [0.3, 0.4) is 0 Å². The number of benzene rings is 1. The minimum Gasteiger partial charge on any atom is -0.495 e. The fraction of sp³-hybridized carbons (Fsp3) is 0.500. The van der Waals surface area contributed by atoms with Gasteiger partial charge in [-0.3, -0.25) is 0 Å². The third kappa shape index (κ3) is 3.68. The van der Waals surface area contributed by atoms with E-state index in [1.165, 1.54) is 0 Å². The Bertz CT molecular complexity index is 331. The van der Waals surface area contributed by atoms with E-state index in [1.807, 2.05) is 12.1 Å². The molecule has 0 aliphatic rings. The number of hydrogen-bond acceptors (Lipinski definition) is 3. The molecule has 0 spiro atoms. The van der Waals surface area contributed by atoms with Gasteiger partial charge < -0.3 is 15.0 Å². The molecular weight excluding hydrogens is 268 g/mol. The van der Waals surface area contributed by atoms with Crippen LogP contribution in [0.25, 0.3) is 0 Å². The predicted octanol–water partition coefficient (Wildman–Crippen LogP) is 2.50. The highest BCUT2D eigenvalue weighted by molar-refractivity contribution is 9.10. The first-order valence-electron chi connectivity index (χ1n) is 5.44. The first-order chi connectivity index (χ1) is 7.69. The van der Waals surface area contributed by atoms with E-state index in [2.05, 4.69) is 46.2 Å². The van der Waals surface area contributed by atoms with Gasteiger partial charge in [-0.2, -0.15) is 0 Å². The topological polar surface area (TPSA) is 24.5 Å². The third-order valence-corrected chi connectivity index (χ3v) is 2.92. The van der Waals surface area contributed by atoms with Gasteiger partial charge in [-0.15, -0.1) is 0 Å². The van der Waals surface area contributed by atoms with E-state index in [-0.39, 0.29) is 0 Å². The Morgan fingerprint density at radius 3 is 2.81 bits per heavy atom. The lowest BCUT2D eigenvalue weighted by atomic mass is 10.2. The maximum atomic E-state index is 5.34. The normalized spacial score (nSPS) is 10.2. The van der Waals surface area contributed by atoms with E-state index in [0.717, 1.165) is 35.5 Å². The summed E-state index contributed by atoms with van der Waals surface area (Å²) in [7, 11) is 3.77. The average molecular weight is 287 g/mol. The molecule has 1 N–H and O–H groups in total. The highest BCUT2D eigenvalue weighted by Gasteiger charge is 2.08. The maximum Gasteiger partial charge on any atom is 0.142 e. The van der Waals surface area contributed by atoms with Gasteiger partial charge in [-0.25, -0.2) is 0 Å². The van der Waals surface area contributed by atoms with Gasteiger partial charge in [0.25, 0.3) is 0 Å². The molecule has 0 aliphatic heterocycles. The van der Waals surface area contributed by atoms with Crippen LogP contribution in [0.1, 0.15) is 6.92 Å². The van der Waals surface area contributed by atoms with Crippen molar-refractivity contribution in [2.45, 2.75) is 6.92 Å². The molecule has 0 amide bonds. The van der Waals surface area contributed by atoms with Crippen LogP contribution < -0.4 is 15.0 Å². The van der Waals surface area contributed by atoms with Gasteiger partial charge in [0.2, 0.25) is 0 Å². The van der Waals surface area contributed by atoms with Gasteiger partial charge in [0.1, 0.15) is 5.75 Å². The molecule has 0 saturated heterocycles. The van der Waals surface area contributed by atoms with E-state index in [1.54, 1.807) is 7.11 Å². The fourth-order valence-electron chi connectivity index (χ4n) is 1.51. The molecule has 0 aromatic heterocycles. The Morgan fingerprint density at radius 1 is 1.44 bits per heavy atom. The van der Waals surface area contributed by atoms with Crippen LogP contribution in [0.2, 0.25) is 0 Å². The summed E-state index contributed by atoms with van der Waals surface area (Å²) in [5.41, 5.74) is 1.11. The van der Waals surface area contributed by atoms with Crippen LogP contribution in [0.5, 0.6) is 5.75 Å². The SMILES string of the molecule is CCNCCN(C)c1cc(Br)ccc1OC. The molecule has 3 nitrogen and oxygen atoms in total. The smallest absolute Gasteiger partial charge is 0.142 e. The van der Waals surface area contributed by atoms with Gasteiger partial charge in [0, 0.05) is 24.6 Å². The molecule has 0 atom stereocenters. The predicted molar refractivity (Wildman–Crippen MR) is 72.5 cm³/mol. The monoisotopic (exact) mass is 286 g/mol. The van der Waals surface area contributed by atoms with Crippen molar-refractivity contribution in [3.8, 4) is 5.75 Å². The van der Waals surface area contributed by atoms with Crippen molar-refractivity contribution in [2.24, 2.45) is 0 Å². The van der Waals surface area contributed by atoms with Gasteiger partial charge in [0.05, 0.1) is 12.8 Å². The number of likely N-dealkylation sites (N-methyl/N-ethyl adjacent to an activating group) is 2. The summed E-state index contributed by atoms with van der Waals surface area (Å²) in [5.74, 6) is 0.905. The van der Waals surface area contributed by atoms with Crippen LogP contribution in [-0.2, 0) is 0 Å².